The van der Waals surface area contributed by atoms with Crippen LogP contribution in [0.25, 0.3) is 33.1 Å². The highest BCUT2D eigenvalue weighted by atomic mass is 32.2. The number of sulfonamides is 2. The first-order valence-corrected chi connectivity index (χ1v) is 15.3. The third-order valence-corrected chi connectivity index (χ3v) is 8.69. The van der Waals surface area contributed by atoms with Gasteiger partial charge in [0.05, 0.1) is 11.5 Å². The summed E-state index contributed by atoms with van der Waals surface area (Å²) < 4.78 is 69.8. The van der Waals surface area contributed by atoms with Gasteiger partial charge in [-0.2, -0.15) is 0 Å². The second kappa shape index (κ2) is 9.80. The Morgan fingerprint density at radius 1 is 1.19 bits per heavy atom. The lowest BCUT2D eigenvalue weighted by Crippen LogP contribution is -2.48. The number of halogens is 1. The van der Waals surface area contributed by atoms with Crippen LogP contribution in [0.4, 0.5) is 4.39 Å². The lowest BCUT2D eigenvalue weighted by atomic mass is 10.0. The second-order valence-corrected chi connectivity index (χ2v) is 13.2. The zero-order chi connectivity index (χ0) is 26.4. The topological polar surface area (TPSA) is 151 Å². The largest absolute Gasteiger partial charge is 0.441 e. The van der Waals surface area contributed by atoms with Crippen LogP contribution < -0.4 is 9.86 Å². The van der Waals surface area contributed by atoms with E-state index in [0.717, 1.165) is 22.8 Å². The van der Waals surface area contributed by atoms with Crippen LogP contribution >= 0.6 is 0 Å². The fourth-order valence-electron chi connectivity index (χ4n) is 4.87. The lowest BCUT2D eigenvalue weighted by molar-refractivity contribution is 0.205. The molecule has 0 aliphatic carbocycles. The van der Waals surface area contributed by atoms with Gasteiger partial charge in [-0.15, -0.1) is 0 Å². The Hall–Kier alpha value is -2.84. The van der Waals surface area contributed by atoms with E-state index < -0.39 is 25.3 Å². The third kappa shape index (κ3) is 6.02. The molecule has 1 fully saturated rings. The Morgan fingerprint density at radius 3 is 2.65 bits per heavy atom. The zero-order valence-electron chi connectivity index (χ0n) is 20.1. The first kappa shape index (κ1) is 25.8. The van der Waals surface area contributed by atoms with Crippen LogP contribution in [0.2, 0.25) is 0 Å². The molecule has 0 bridgehead atoms. The van der Waals surface area contributed by atoms with E-state index in [1.165, 1.54) is 12.1 Å². The zero-order valence-corrected chi connectivity index (χ0v) is 21.8. The van der Waals surface area contributed by atoms with Gasteiger partial charge < -0.3 is 14.3 Å². The van der Waals surface area contributed by atoms with E-state index in [2.05, 4.69) is 14.7 Å². The molecule has 1 aliphatic heterocycles. The highest BCUT2D eigenvalue weighted by Gasteiger charge is 2.30. The Morgan fingerprint density at radius 2 is 1.95 bits per heavy atom. The van der Waals surface area contributed by atoms with Crippen molar-refractivity contribution in [2.45, 2.75) is 30.6 Å². The number of aromatic amines is 1. The number of aromatic nitrogens is 2. The molecule has 2 aromatic heterocycles. The van der Waals surface area contributed by atoms with Gasteiger partial charge >= 0.3 is 0 Å². The van der Waals surface area contributed by atoms with E-state index in [9.17, 15) is 21.2 Å². The average Bonchev–Trinajstić information content (AvgIpc) is 3.40. The molecule has 37 heavy (non-hydrogen) atoms. The van der Waals surface area contributed by atoms with E-state index in [-0.39, 0.29) is 30.7 Å². The van der Waals surface area contributed by atoms with E-state index >= 15 is 0 Å². The first-order valence-electron chi connectivity index (χ1n) is 11.8. The van der Waals surface area contributed by atoms with Gasteiger partial charge in [0, 0.05) is 41.7 Å². The van der Waals surface area contributed by atoms with Gasteiger partial charge in [-0.1, -0.05) is 6.07 Å². The van der Waals surface area contributed by atoms with Crippen LogP contribution in [0.15, 0.2) is 47.0 Å². The van der Waals surface area contributed by atoms with Crippen molar-refractivity contribution in [2.75, 3.05) is 25.9 Å². The molecule has 198 valence electrons. The summed E-state index contributed by atoms with van der Waals surface area (Å²) in [6, 6.07) is 9.89. The van der Waals surface area contributed by atoms with E-state index in [4.69, 9.17) is 9.56 Å². The Balaban J connectivity index is 1.32. The summed E-state index contributed by atoms with van der Waals surface area (Å²) in [5, 5.41) is 5.49. The number of nitrogens with one attached hydrogen (secondary N) is 2. The van der Waals surface area contributed by atoms with Crippen molar-refractivity contribution < 1.29 is 25.6 Å². The minimum absolute atomic E-state index is 0.0106. The molecule has 0 radical (unpaired) electrons. The molecule has 1 atom stereocenters. The average molecular weight is 550 g/mol. The van der Waals surface area contributed by atoms with Crippen LogP contribution in [0.1, 0.15) is 18.7 Å². The van der Waals surface area contributed by atoms with Gasteiger partial charge in [-0.25, -0.2) is 36.1 Å². The van der Waals surface area contributed by atoms with Crippen LogP contribution in [-0.2, 0) is 26.5 Å². The fraction of sp³-hybridized carbons (Fsp3) is 0.375. The summed E-state index contributed by atoms with van der Waals surface area (Å²) >= 11 is 0. The highest BCUT2D eigenvalue weighted by molar-refractivity contribution is 7.89. The molecule has 0 saturated carbocycles. The molecule has 2 aromatic carbocycles. The molecule has 1 aliphatic rings. The molecular weight excluding hydrogens is 521 g/mol. The Kier molecular flexibility index (Phi) is 6.83. The lowest BCUT2D eigenvalue weighted by Gasteiger charge is -2.33. The number of piperidine rings is 1. The molecule has 1 saturated heterocycles. The monoisotopic (exact) mass is 549 g/mol. The van der Waals surface area contributed by atoms with Gasteiger partial charge in [0.1, 0.15) is 11.3 Å². The van der Waals surface area contributed by atoms with Crippen molar-refractivity contribution >= 4 is 42.0 Å². The maximum Gasteiger partial charge on any atom is 0.213 e. The molecule has 0 spiro atoms. The summed E-state index contributed by atoms with van der Waals surface area (Å²) in [7, 11) is -7.19. The number of nitrogens with two attached hydrogens (primary N) is 1. The maximum absolute atomic E-state index is 13.5. The summed E-state index contributed by atoms with van der Waals surface area (Å²) in [5.41, 5.74) is 3.50. The number of benzene rings is 2. The molecule has 13 heteroatoms. The second-order valence-electron chi connectivity index (χ2n) is 9.56. The minimum Gasteiger partial charge on any atom is -0.441 e. The Bertz CT molecular complexity index is 1660. The SMILES string of the molecule is CS(=O)(=O)NC1CCN(CC(Cc2nc3ccc(-c4c[nH]c5cc(F)ccc45)cc3o2)S(N)(=O)=O)CC1. The normalized spacial score (nSPS) is 17.1. The van der Waals surface area contributed by atoms with Gasteiger partial charge in [0.25, 0.3) is 0 Å². The van der Waals surface area contributed by atoms with E-state index in [1.807, 2.05) is 17.0 Å². The van der Waals surface area contributed by atoms with Crippen LogP contribution in [0, 0.1) is 5.82 Å². The van der Waals surface area contributed by atoms with Gasteiger partial charge in [-0.05, 0) is 61.8 Å². The van der Waals surface area contributed by atoms with Crippen LogP contribution in [-0.4, -0.2) is 68.9 Å². The molecule has 1 unspecified atom stereocenters. The summed E-state index contributed by atoms with van der Waals surface area (Å²) in [4.78, 5) is 9.51. The van der Waals surface area contributed by atoms with Gasteiger partial charge in [-0.3, -0.25) is 0 Å². The number of likely N-dealkylation sites (tertiary alicyclic amines) is 1. The summed E-state index contributed by atoms with van der Waals surface area (Å²) in [6.45, 7) is 1.29. The number of primary sulfonamides is 1. The third-order valence-electron chi connectivity index (χ3n) is 6.68. The summed E-state index contributed by atoms with van der Waals surface area (Å²) in [6.07, 6.45) is 4.10. The smallest absolute Gasteiger partial charge is 0.213 e. The van der Waals surface area contributed by atoms with Crippen molar-refractivity contribution in [3.63, 3.8) is 0 Å². The number of oxazole rings is 1. The minimum atomic E-state index is -3.90. The number of hydrogen-bond donors (Lipinski definition) is 3. The molecule has 0 amide bonds. The molecule has 10 nitrogen and oxygen atoms in total. The number of fused-ring (bicyclic) bond motifs is 2. The van der Waals surface area contributed by atoms with Crippen LogP contribution in [0.3, 0.4) is 0 Å². The van der Waals surface area contributed by atoms with E-state index in [0.29, 0.717) is 42.5 Å². The summed E-state index contributed by atoms with van der Waals surface area (Å²) in [5.74, 6) is -0.0589. The standard InChI is InChI=1S/C24H28FN5O5S2/c1-36(31,32)29-17-6-8-30(9-7-17)14-18(37(26,33)34)12-24-28-21-5-2-15(10-23(21)35-24)20-13-27-22-11-16(25)3-4-19(20)22/h2-5,10-11,13,17-18,27,29H,6-9,12,14H2,1H3,(H2,26,33,34). The van der Waals surface area contributed by atoms with Crippen molar-refractivity contribution in [3.05, 3.63) is 54.3 Å². The molecule has 3 heterocycles. The molecule has 5 rings (SSSR count). The number of nitrogens with zero attached hydrogens (tertiary/aromatic N) is 2. The van der Waals surface area contributed by atoms with E-state index in [1.54, 1.807) is 18.3 Å². The van der Waals surface area contributed by atoms with Gasteiger partial charge in [0.15, 0.2) is 11.5 Å². The highest BCUT2D eigenvalue weighted by Crippen LogP contribution is 2.31. The molecule has 4 aromatic rings. The first-order chi connectivity index (χ1) is 17.4. The number of hydrogen-bond acceptors (Lipinski definition) is 7. The maximum atomic E-state index is 13.5. The van der Waals surface area contributed by atoms with Crippen molar-refractivity contribution in [1.82, 2.24) is 19.6 Å². The Labute approximate surface area is 214 Å². The number of H-pyrrole nitrogens is 1. The van der Waals surface area contributed by atoms with Crippen molar-refractivity contribution in [3.8, 4) is 11.1 Å². The van der Waals surface area contributed by atoms with Crippen molar-refractivity contribution in [1.29, 1.82) is 0 Å². The molecule has 4 N–H and O–H groups in total. The predicted octanol–water partition coefficient (Wildman–Crippen LogP) is 2.33. The molecular formula is C24H28FN5O5S2. The van der Waals surface area contributed by atoms with Gasteiger partial charge in [0.2, 0.25) is 20.0 Å². The van der Waals surface area contributed by atoms with Crippen LogP contribution in [0.5, 0.6) is 0 Å². The fourth-order valence-corrected chi connectivity index (χ4v) is 6.50. The van der Waals surface area contributed by atoms with Crippen molar-refractivity contribution in [2.24, 2.45) is 5.14 Å². The number of rotatable bonds is 8. The predicted molar refractivity (Wildman–Crippen MR) is 139 cm³/mol. The quantitative estimate of drug-likeness (QED) is 0.305.